The van der Waals surface area contributed by atoms with E-state index in [9.17, 15) is 26.7 Å². The fraction of sp³-hybridized carbons (Fsp3) is 0.455. The van der Waals surface area contributed by atoms with E-state index in [4.69, 9.17) is 0 Å². The maximum Gasteiger partial charge on any atom is 0.573 e. The quantitative estimate of drug-likeness (QED) is 0.313. The first kappa shape index (κ1) is 17.9. The van der Waals surface area contributed by atoms with E-state index in [1.807, 2.05) is 0 Å². The van der Waals surface area contributed by atoms with Crippen molar-refractivity contribution in [2.24, 2.45) is 0 Å². The zero-order valence-corrected chi connectivity index (χ0v) is 12.7. The third kappa shape index (κ3) is 5.25. The predicted molar refractivity (Wildman–Crippen MR) is 68.9 cm³/mol. The smallest absolute Gasteiger partial charge is 0.466 e. The van der Waals surface area contributed by atoms with Crippen molar-refractivity contribution in [3.63, 3.8) is 0 Å². The maximum absolute atomic E-state index is 13.0. The van der Waals surface area contributed by atoms with E-state index in [1.54, 1.807) is 0 Å². The predicted octanol–water partition coefficient (Wildman–Crippen LogP) is 3.63. The van der Waals surface area contributed by atoms with Gasteiger partial charge in [-0.15, -0.1) is 13.2 Å². The fourth-order valence-electron chi connectivity index (χ4n) is 1.48. The molecule has 0 saturated heterocycles. The lowest BCUT2D eigenvalue weighted by Gasteiger charge is -2.16. The van der Waals surface area contributed by atoms with Crippen LogP contribution >= 0.6 is 22.6 Å². The number of esters is 1. The fourth-order valence-corrected chi connectivity index (χ4v) is 2.02. The van der Waals surface area contributed by atoms with Crippen molar-refractivity contribution in [2.45, 2.75) is 26.1 Å². The van der Waals surface area contributed by atoms with Gasteiger partial charge < -0.3 is 9.47 Å². The highest BCUT2D eigenvalue weighted by Gasteiger charge is 2.36. The Labute approximate surface area is 129 Å². The Hall–Kier alpha value is -1.20. The zero-order valence-electron chi connectivity index (χ0n) is 10.5. The van der Waals surface area contributed by atoms with Crippen molar-refractivity contribution in [3.8, 4) is 5.75 Å². The lowest BCUT2D eigenvalue weighted by molar-refractivity contribution is -0.275. The molecule has 0 aliphatic heterocycles. The highest BCUT2D eigenvalue weighted by molar-refractivity contribution is 14.1. The highest BCUT2D eigenvalue weighted by Crippen LogP contribution is 2.38. The van der Waals surface area contributed by atoms with Gasteiger partial charge in [0, 0.05) is 6.20 Å². The molecule has 1 heterocycles. The molecule has 0 aliphatic carbocycles. The number of pyridine rings is 1. The third-order valence-corrected chi connectivity index (χ3v) is 2.96. The molecule has 0 aromatic carbocycles. The maximum atomic E-state index is 13.0. The van der Waals surface area contributed by atoms with Crippen molar-refractivity contribution < 1.29 is 36.2 Å². The number of nitrogens with zero attached hydrogens (tertiary/aromatic N) is 1. The van der Waals surface area contributed by atoms with Crippen LogP contribution < -0.4 is 4.74 Å². The summed E-state index contributed by atoms with van der Waals surface area (Å²) < 4.78 is 70.8. The number of hydrogen-bond donors (Lipinski definition) is 0. The Bertz CT molecular complexity index is 521. The summed E-state index contributed by atoms with van der Waals surface area (Å²) in [5.41, 5.74) is -1.39. The first-order chi connectivity index (χ1) is 9.65. The van der Waals surface area contributed by atoms with E-state index >= 15 is 0 Å². The molecule has 0 spiro atoms. The lowest BCUT2D eigenvalue weighted by atomic mass is 10.1. The Morgan fingerprint density at radius 1 is 1.43 bits per heavy atom. The Balaban J connectivity index is 3.26. The van der Waals surface area contributed by atoms with Crippen molar-refractivity contribution in [3.05, 3.63) is 21.0 Å². The van der Waals surface area contributed by atoms with Gasteiger partial charge in [0.1, 0.15) is 3.70 Å². The van der Waals surface area contributed by atoms with Crippen LogP contribution in [-0.4, -0.2) is 23.9 Å². The molecule has 0 saturated carbocycles. The molecule has 0 aliphatic rings. The average Bonchev–Trinajstić information content (AvgIpc) is 2.31. The van der Waals surface area contributed by atoms with Crippen molar-refractivity contribution in [1.82, 2.24) is 4.98 Å². The second-order valence-electron chi connectivity index (χ2n) is 3.65. The van der Waals surface area contributed by atoms with E-state index in [2.05, 4.69) is 14.5 Å². The van der Waals surface area contributed by atoms with E-state index in [-0.39, 0.29) is 15.9 Å². The van der Waals surface area contributed by atoms with Gasteiger partial charge in [-0.2, -0.15) is 0 Å². The minimum Gasteiger partial charge on any atom is -0.466 e. The van der Waals surface area contributed by atoms with Gasteiger partial charge >= 0.3 is 12.3 Å². The molecule has 21 heavy (non-hydrogen) atoms. The molecule has 1 aromatic heterocycles. The van der Waals surface area contributed by atoms with Gasteiger partial charge in [-0.3, -0.25) is 4.79 Å². The van der Waals surface area contributed by atoms with Gasteiger partial charge in [0.2, 0.25) is 0 Å². The van der Waals surface area contributed by atoms with Crippen LogP contribution in [0.25, 0.3) is 0 Å². The number of carbonyl (C=O) groups excluding carboxylic acids is 1. The normalized spacial score (nSPS) is 11.6. The molecule has 1 aromatic rings. The molecular formula is C11H9F5INO3. The van der Waals surface area contributed by atoms with E-state index in [0.717, 1.165) is 6.20 Å². The van der Waals surface area contributed by atoms with Gasteiger partial charge in [-0.05, 0) is 35.1 Å². The molecular weight excluding hydrogens is 416 g/mol. The van der Waals surface area contributed by atoms with Crippen LogP contribution in [0.15, 0.2) is 6.20 Å². The Kier molecular flexibility index (Phi) is 6.10. The van der Waals surface area contributed by atoms with Gasteiger partial charge in [-0.25, -0.2) is 13.8 Å². The molecule has 10 heteroatoms. The summed E-state index contributed by atoms with van der Waals surface area (Å²) >= 11 is 1.34. The number of carbonyl (C=O) groups is 1. The number of aromatic nitrogens is 1. The molecule has 0 amide bonds. The first-order valence-corrected chi connectivity index (χ1v) is 6.60. The molecule has 1 rings (SSSR count). The summed E-state index contributed by atoms with van der Waals surface area (Å²) in [6.45, 7) is 1.53. The summed E-state index contributed by atoms with van der Waals surface area (Å²) in [4.78, 5) is 14.8. The second kappa shape index (κ2) is 7.18. The van der Waals surface area contributed by atoms with E-state index in [0.29, 0.717) is 0 Å². The molecule has 0 bridgehead atoms. The van der Waals surface area contributed by atoms with Gasteiger partial charge in [0.05, 0.1) is 18.6 Å². The number of rotatable bonds is 5. The van der Waals surface area contributed by atoms with Gasteiger partial charge in [0.25, 0.3) is 6.43 Å². The largest absolute Gasteiger partial charge is 0.573 e. The molecule has 0 N–H and O–H groups in total. The first-order valence-electron chi connectivity index (χ1n) is 5.52. The van der Waals surface area contributed by atoms with Gasteiger partial charge in [0.15, 0.2) is 5.75 Å². The molecule has 0 atom stereocenters. The third-order valence-electron chi connectivity index (χ3n) is 2.19. The summed E-state index contributed by atoms with van der Waals surface area (Å²) in [5.74, 6) is -1.94. The Morgan fingerprint density at radius 2 is 2.05 bits per heavy atom. The number of halogens is 6. The van der Waals surface area contributed by atoms with E-state index < -0.39 is 36.5 Å². The summed E-state index contributed by atoms with van der Waals surface area (Å²) in [6.07, 6.45) is -8.12. The summed E-state index contributed by atoms with van der Waals surface area (Å²) in [7, 11) is 0. The molecule has 0 fully saturated rings. The van der Waals surface area contributed by atoms with Crippen LogP contribution in [0.2, 0.25) is 0 Å². The zero-order chi connectivity index (χ0) is 16.2. The van der Waals surface area contributed by atoms with Crippen LogP contribution in [0.1, 0.15) is 24.5 Å². The van der Waals surface area contributed by atoms with Crippen LogP contribution in [0, 0.1) is 3.70 Å². The summed E-state index contributed by atoms with van der Waals surface area (Å²) in [5, 5.41) is 0. The summed E-state index contributed by atoms with van der Waals surface area (Å²) in [6, 6.07) is 0. The number of alkyl halides is 5. The van der Waals surface area contributed by atoms with Gasteiger partial charge in [-0.1, -0.05) is 0 Å². The van der Waals surface area contributed by atoms with Crippen LogP contribution in [0.5, 0.6) is 5.75 Å². The van der Waals surface area contributed by atoms with E-state index in [1.165, 1.54) is 29.5 Å². The minimum absolute atomic E-state index is 0.0204. The second-order valence-corrected chi connectivity index (χ2v) is 4.67. The van der Waals surface area contributed by atoms with Crippen molar-refractivity contribution in [1.29, 1.82) is 0 Å². The minimum atomic E-state index is -5.15. The highest BCUT2D eigenvalue weighted by atomic mass is 127. The van der Waals surface area contributed by atoms with Crippen molar-refractivity contribution in [2.75, 3.05) is 6.61 Å². The molecule has 4 nitrogen and oxygen atoms in total. The Morgan fingerprint density at radius 3 is 2.52 bits per heavy atom. The number of hydrogen-bond acceptors (Lipinski definition) is 4. The lowest BCUT2D eigenvalue weighted by Crippen LogP contribution is -2.20. The van der Waals surface area contributed by atoms with Crippen LogP contribution in [0.4, 0.5) is 22.0 Å². The van der Waals surface area contributed by atoms with Crippen molar-refractivity contribution >= 4 is 28.6 Å². The molecule has 0 unspecified atom stereocenters. The molecule has 0 radical (unpaired) electrons. The van der Waals surface area contributed by atoms with Crippen LogP contribution in [0.3, 0.4) is 0 Å². The number of ether oxygens (including phenoxy) is 2. The SMILES string of the molecule is CCOC(=O)Cc1cnc(I)c(OC(F)(F)F)c1C(F)F. The topological polar surface area (TPSA) is 48.4 Å². The monoisotopic (exact) mass is 425 g/mol. The average molecular weight is 425 g/mol. The van der Waals surface area contributed by atoms with Crippen LogP contribution in [-0.2, 0) is 16.0 Å². The molecule has 118 valence electrons. The standard InChI is InChI=1S/C11H9F5INO3/c1-2-20-6(19)3-5-4-18-10(17)8(7(5)9(12)13)21-11(14,15)16/h4,9H,2-3H2,1H3.